The standard InChI is InChI=1S/C16H33NO4Si/c1-14(2,3)20-13(19)17-10-11(18)9-12(17)16(7,8)21-22-15(4,5)6/h11-12,18H,9-10,22H2,1-8H3. The zero-order valence-corrected chi connectivity index (χ0v) is 16.8. The van der Waals surface area contributed by atoms with Gasteiger partial charge in [0.25, 0.3) is 0 Å². The van der Waals surface area contributed by atoms with Crippen molar-refractivity contribution in [3.05, 3.63) is 0 Å². The maximum absolute atomic E-state index is 12.4. The van der Waals surface area contributed by atoms with Gasteiger partial charge < -0.3 is 14.3 Å². The van der Waals surface area contributed by atoms with E-state index in [-0.39, 0.29) is 17.2 Å². The Hall–Kier alpha value is -0.593. The molecule has 0 aromatic heterocycles. The van der Waals surface area contributed by atoms with Crippen molar-refractivity contribution in [2.75, 3.05) is 6.54 Å². The highest BCUT2D eigenvalue weighted by molar-refractivity contribution is 6.31. The van der Waals surface area contributed by atoms with Gasteiger partial charge in [0, 0.05) is 0 Å². The highest BCUT2D eigenvalue weighted by atomic mass is 28.2. The lowest BCUT2D eigenvalue weighted by molar-refractivity contribution is -0.0130. The third kappa shape index (κ3) is 5.89. The third-order valence-corrected chi connectivity index (χ3v) is 5.34. The van der Waals surface area contributed by atoms with E-state index < -0.39 is 27.1 Å². The number of carbonyl (C=O) groups excluding carboxylic acids is 1. The normalized spacial score (nSPS) is 24.3. The number of ether oxygens (including phenoxy) is 1. The molecule has 0 spiro atoms. The van der Waals surface area contributed by atoms with Gasteiger partial charge in [-0.1, -0.05) is 20.8 Å². The lowest BCUT2D eigenvalue weighted by atomic mass is 9.96. The van der Waals surface area contributed by atoms with Crippen LogP contribution in [0.25, 0.3) is 0 Å². The predicted octanol–water partition coefficient (Wildman–Crippen LogP) is 2.45. The first-order valence-corrected chi connectivity index (χ1v) is 9.31. The molecule has 6 heteroatoms. The summed E-state index contributed by atoms with van der Waals surface area (Å²) in [7, 11) is -0.746. The Morgan fingerprint density at radius 2 is 1.68 bits per heavy atom. The number of hydrogen-bond donors (Lipinski definition) is 1. The summed E-state index contributed by atoms with van der Waals surface area (Å²) < 4.78 is 11.7. The van der Waals surface area contributed by atoms with E-state index in [9.17, 15) is 9.90 Å². The van der Waals surface area contributed by atoms with Gasteiger partial charge in [0.2, 0.25) is 0 Å². The van der Waals surface area contributed by atoms with Gasteiger partial charge in [0.1, 0.15) is 5.60 Å². The van der Waals surface area contributed by atoms with E-state index in [1.165, 1.54) is 0 Å². The molecule has 1 fully saturated rings. The summed E-state index contributed by atoms with van der Waals surface area (Å²) in [6.45, 7) is 16.4. The molecular weight excluding hydrogens is 298 g/mol. The van der Waals surface area contributed by atoms with Crippen LogP contribution in [0.2, 0.25) is 5.04 Å². The second kappa shape index (κ2) is 6.49. The average Bonchev–Trinajstić information content (AvgIpc) is 2.67. The second-order valence-electron chi connectivity index (χ2n) is 8.99. The quantitative estimate of drug-likeness (QED) is 0.807. The predicted molar refractivity (Wildman–Crippen MR) is 90.8 cm³/mol. The number of amides is 1. The van der Waals surface area contributed by atoms with Crippen molar-refractivity contribution in [3.8, 4) is 0 Å². The molecule has 0 saturated carbocycles. The smallest absolute Gasteiger partial charge is 0.410 e. The van der Waals surface area contributed by atoms with Crippen molar-refractivity contribution in [2.24, 2.45) is 0 Å². The van der Waals surface area contributed by atoms with E-state index in [2.05, 4.69) is 20.8 Å². The summed E-state index contributed by atoms with van der Waals surface area (Å²) in [4.78, 5) is 14.0. The van der Waals surface area contributed by atoms with Crippen LogP contribution in [0.15, 0.2) is 0 Å². The third-order valence-electron chi connectivity index (χ3n) is 3.59. The van der Waals surface area contributed by atoms with E-state index in [0.717, 1.165) is 0 Å². The molecule has 0 aliphatic carbocycles. The molecule has 1 heterocycles. The summed E-state index contributed by atoms with van der Waals surface area (Å²) in [5.41, 5.74) is -1.02. The molecule has 1 amide bonds. The lowest BCUT2D eigenvalue weighted by Gasteiger charge is -2.39. The molecular formula is C16H33NO4Si. The summed E-state index contributed by atoms with van der Waals surface area (Å²) in [5, 5.41) is 10.2. The van der Waals surface area contributed by atoms with E-state index in [0.29, 0.717) is 13.0 Å². The zero-order chi connectivity index (χ0) is 17.3. The van der Waals surface area contributed by atoms with Gasteiger partial charge >= 0.3 is 6.09 Å². The van der Waals surface area contributed by atoms with E-state index in [1.54, 1.807) is 4.90 Å². The van der Waals surface area contributed by atoms with Crippen molar-refractivity contribution in [1.82, 2.24) is 4.90 Å². The molecule has 1 aliphatic heterocycles. The highest BCUT2D eigenvalue weighted by Crippen LogP contribution is 2.33. The van der Waals surface area contributed by atoms with Crippen molar-refractivity contribution in [3.63, 3.8) is 0 Å². The minimum Gasteiger partial charge on any atom is -0.444 e. The Balaban J connectivity index is 2.83. The van der Waals surface area contributed by atoms with E-state index in [1.807, 2.05) is 34.6 Å². The summed E-state index contributed by atoms with van der Waals surface area (Å²) >= 11 is 0. The fourth-order valence-electron chi connectivity index (χ4n) is 2.49. The molecule has 1 saturated heterocycles. The Morgan fingerprint density at radius 3 is 2.14 bits per heavy atom. The van der Waals surface area contributed by atoms with Gasteiger partial charge in [-0.05, 0) is 46.1 Å². The molecule has 22 heavy (non-hydrogen) atoms. The number of aliphatic hydroxyl groups is 1. The SMILES string of the molecule is CC(C)(C)OC(=O)N1CC(O)CC1C(C)(C)O[SiH2]C(C)(C)C. The van der Waals surface area contributed by atoms with Gasteiger partial charge in [0.15, 0.2) is 9.76 Å². The molecule has 0 aromatic rings. The molecule has 2 atom stereocenters. The Kier molecular flexibility index (Phi) is 5.74. The minimum atomic E-state index is -0.746. The van der Waals surface area contributed by atoms with Crippen molar-refractivity contribution in [2.45, 2.75) is 90.2 Å². The van der Waals surface area contributed by atoms with Crippen LogP contribution in [0.5, 0.6) is 0 Å². The maximum Gasteiger partial charge on any atom is 0.410 e. The molecule has 5 nitrogen and oxygen atoms in total. The number of hydrogen-bond acceptors (Lipinski definition) is 4. The summed E-state index contributed by atoms with van der Waals surface area (Å²) in [6, 6.07) is -0.160. The van der Waals surface area contributed by atoms with Crippen LogP contribution in [0.1, 0.15) is 61.8 Å². The molecule has 0 aromatic carbocycles. The Morgan fingerprint density at radius 1 is 1.14 bits per heavy atom. The first kappa shape index (κ1) is 19.5. The number of β-amino-alcohol motifs (C(OH)–C–C–N with tert-alkyl or cyclic N) is 1. The largest absolute Gasteiger partial charge is 0.444 e. The Bertz CT molecular complexity index is 398. The van der Waals surface area contributed by atoms with Crippen molar-refractivity contribution in [1.29, 1.82) is 0 Å². The molecule has 130 valence electrons. The van der Waals surface area contributed by atoms with Crippen LogP contribution < -0.4 is 0 Å². The van der Waals surface area contributed by atoms with Gasteiger partial charge in [-0.15, -0.1) is 0 Å². The lowest BCUT2D eigenvalue weighted by Crippen LogP contribution is -2.51. The van der Waals surface area contributed by atoms with Crippen molar-refractivity contribution < 1.29 is 19.1 Å². The van der Waals surface area contributed by atoms with Gasteiger partial charge in [0.05, 0.1) is 24.3 Å². The van der Waals surface area contributed by atoms with E-state index in [4.69, 9.17) is 9.16 Å². The number of aliphatic hydroxyl groups excluding tert-OH is 1. The zero-order valence-electron chi connectivity index (χ0n) is 15.4. The molecule has 1 rings (SSSR count). The summed E-state index contributed by atoms with van der Waals surface area (Å²) in [6.07, 6.45) is -0.357. The molecule has 1 aliphatic rings. The molecule has 2 unspecified atom stereocenters. The number of rotatable bonds is 3. The van der Waals surface area contributed by atoms with Crippen LogP contribution in [0.3, 0.4) is 0 Å². The first-order chi connectivity index (χ1) is 9.71. The monoisotopic (exact) mass is 331 g/mol. The second-order valence-corrected chi connectivity index (χ2v) is 11.7. The Labute approximate surface area is 137 Å². The number of likely N-dealkylation sites (tertiary alicyclic amines) is 1. The first-order valence-electron chi connectivity index (χ1n) is 8.03. The maximum atomic E-state index is 12.4. The molecule has 0 radical (unpaired) electrons. The van der Waals surface area contributed by atoms with E-state index >= 15 is 0 Å². The fraction of sp³-hybridized carbons (Fsp3) is 0.938. The van der Waals surface area contributed by atoms with Gasteiger partial charge in [-0.3, -0.25) is 4.90 Å². The minimum absolute atomic E-state index is 0.160. The highest BCUT2D eigenvalue weighted by Gasteiger charge is 2.45. The average molecular weight is 332 g/mol. The van der Waals surface area contributed by atoms with Crippen LogP contribution in [-0.4, -0.2) is 55.8 Å². The molecule has 1 N–H and O–H groups in total. The van der Waals surface area contributed by atoms with Crippen LogP contribution in [0, 0.1) is 0 Å². The van der Waals surface area contributed by atoms with Crippen LogP contribution in [0.4, 0.5) is 4.79 Å². The molecule has 0 bridgehead atoms. The number of carbonyl (C=O) groups is 1. The van der Waals surface area contributed by atoms with Gasteiger partial charge in [-0.25, -0.2) is 4.79 Å². The number of nitrogens with zero attached hydrogens (tertiary/aromatic N) is 1. The van der Waals surface area contributed by atoms with Crippen LogP contribution in [-0.2, 0) is 9.16 Å². The fourth-order valence-corrected chi connectivity index (χ4v) is 3.49. The van der Waals surface area contributed by atoms with Crippen molar-refractivity contribution >= 4 is 15.9 Å². The van der Waals surface area contributed by atoms with Gasteiger partial charge in [-0.2, -0.15) is 0 Å². The summed E-state index contributed by atoms with van der Waals surface area (Å²) in [5.74, 6) is 0. The topological polar surface area (TPSA) is 59.0 Å². The van der Waals surface area contributed by atoms with Crippen LogP contribution >= 0.6 is 0 Å².